The molecule has 1 aliphatic rings. The van der Waals surface area contributed by atoms with E-state index >= 15 is 0 Å². The molecule has 6 nitrogen and oxygen atoms in total. The van der Waals surface area contributed by atoms with E-state index in [-0.39, 0.29) is 17.8 Å². The van der Waals surface area contributed by atoms with E-state index in [1.54, 1.807) is 36.4 Å². The maximum absolute atomic E-state index is 13.9. The van der Waals surface area contributed by atoms with Gasteiger partial charge in [-0.25, -0.2) is 9.18 Å². The topological polar surface area (TPSA) is 67.9 Å². The van der Waals surface area contributed by atoms with Gasteiger partial charge in [0.1, 0.15) is 18.1 Å². The third-order valence-corrected chi connectivity index (χ3v) is 5.22. The highest BCUT2D eigenvalue weighted by Gasteiger charge is 2.34. The Kier molecular flexibility index (Phi) is 6.40. The third-order valence-electron chi connectivity index (χ3n) is 5.22. The zero-order chi connectivity index (χ0) is 23.4. The number of aryl methyl sites for hydroxylation is 1. The minimum absolute atomic E-state index is 0.104. The zero-order valence-electron chi connectivity index (χ0n) is 18.3. The fraction of sp³-hybridized carbons (Fsp3) is 0.154. The number of imide groups is 1. The summed E-state index contributed by atoms with van der Waals surface area (Å²) >= 11 is 0. The molecule has 0 atom stereocenters. The number of benzene rings is 3. The summed E-state index contributed by atoms with van der Waals surface area (Å²) < 4.78 is 25.3. The summed E-state index contributed by atoms with van der Waals surface area (Å²) in [5.41, 5.74) is 3.20. The van der Waals surface area contributed by atoms with Gasteiger partial charge in [0.2, 0.25) is 0 Å². The molecule has 4 rings (SSSR count). The number of rotatable bonds is 7. The van der Waals surface area contributed by atoms with Crippen LogP contribution in [-0.2, 0) is 17.9 Å². The van der Waals surface area contributed by atoms with E-state index in [9.17, 15) is 14.0 Å². The first kappa shape index (κ1) is 22.1. The smallest absolute Gasteiger partial charge is 0.329 e. The van der Waals surface area contributed by atoms with Gasteiger partial charge < -0.3 is 14.8 Å². The Morgan fingerprint density at radius 2 is 1.82 bits per heavy atom. The van der Waals surface area contributed by atoms with Crippen LogP contribution in [0.5, 0.6) is 11.5 Å². The number of halogens is 1. The van der Waals surface area contributed by atoms with Crippen LogP contribution in [0.25, 0.3) is 6.08 Å². The fourth-order valence-corrected chi connectivity index (χ4v) is 3.54. The van der Waals surface area contributed by atoms with Crippen LogP contribution in [0.1, 0.15) is 22.3 Å². The molecule has 3 aromatic rings. The Morgan fingerprint density at radius 1 is 1.00 bits per heavy atom. The molecule has 0 bridgehead atoms. The molecule has 7 heteroatoms. The van der Waals surface area contributed by atoms with Crippen LogP contribution in [0.3, 0.4) is 0 Å². The normalized spacial score (nSPS) is 14.5. The van der Waals surface area contributed by atoms with E-state index in [2.05, 4.69) is 5.32 Å². The molecule has 3 amide bonds. The lowest BCUT2D eigenvalue weighted by Gasteiger charge is -2.12. The number of urea groups is 1. The first-order chi connectivity index (χ1) is 15.9. The van der Waals surface area contributed by atoms with E-state index < -0.39 is 17.8 Å². The van der Waals surface area contributed by atoms with Crippen molar-refractivity contribution in [3.8, 4) is 11.5 Å². The summed E-state index contributed by atoms with van der Waals surface area (Å²) in [6, 6.07) is 18.7. The molecule has 1 fully saturated rings. The van der Waals surface area contributed by atoms with E-state index in [4.69, 9.17) is 9.47 Å². The molecule has 1 heterocycles. The molecule has 33 heavy (non-hydrogen) atoms. The van der Waals surface area contributed by atoms with Crippen molar-refractivity contribution in [1.29, 1.82) is 0 Å². The van der Waals surface area contributed by atoms with Crippen LogP contribution in [0, 0.1) is 12.7 Å². The van der Waals surface area contributed by atoms with Crippen molar-refractivity contribution >= 4 is 18.0 Å². The van der Waals surface area contributed by atoms with Crippen molar-refractivity contribution in [2.45, 2.75) is 20.1 Å². The monoisotopic (exact) mass is 446 g/mol. The van der Waals surface area contributed by atoms with Gasteiger partial charge in [-0.3, -0.25) is 9.69 Å². The van der Waals surface area contributed by atoms with Gasteiger partial charge in [0.05, 0.1) is 13.7 Å². The molecule has 1 saturated heterocycles. The van der Waals surface area contributed by atoms with Crippen molar-refractivity contribution in [3.63, 3.8) is 0 Å². The summed E-state index contributed by atoms with van der Waals surface area (Å²) in [5.74, 6) is 0.0598. The number of hydrogen-bond acceptors (Lipinski definition) is 4. The highest BCUT2D eigenvalue weighted by Crippen LogP contribution is 2.30. The van der Waals surface area contributed by atoms with Gasteiger partial charge >= 0.3 is 6.03 Å². The van der Waals surface area contributed by atoms with E-state index in [0.717, 1.165) is 16.0 Å². The van der Waals surface area contributed by atoms with Gasteiger partial charge in [-0.15, -0.1) is 0 Å². The average molecular weight is 446 g/mol. The molecule has 0 unspecified atom stereocenters. The summed E-state index contributed by atoms with van der Waals surface area (Å²) in [6.07, 6.45) is 1.55. The van der Waals surface area contributed by atoms with Crippen LogP contribution in [0.4, 0.5) is 9.18 Å². The number of nitrogens with one attached hydrogen (secondary N) is 1. The lowest BCUT2D eigenvalue weighted by molar-refractivity contribution is -0.123. The number of amides is 3. The second-order valence-corrected chi connectivity index (χ2v) is 7.66. The molecule has 168 valence electrons. The minimum atomic E-state index is -0.598. The largest absolute Gasteiger partial charge is 0.493 e. The van der Waals surface area contributed by atoms with Crippen LogP contribution >= 0.6 is 0 Å². The molecular weight excluding hydrogens is 423 g/mol. The van der Waals surface area contributed by atoms with Crippen molar-refractivity contribution in [2.75, 3.05) is 7.11 Å². The van der Waals surface area contributed by atoms with Crippen LogP contribution in [0.2, 0.25) is 0 Å². The van der Waals surface area contributed by atoms with E-state index in [1.165, 1.54) is 19.2 Å². The number of hydrogen-bond donors (Lipinski definition) is 1. The summed E-state index contributed by atoms with van der Waals surface area (Å²) in [7, 11) is 1.53. The Balaban J connectivity index is 1.49. The number of methoxy groups -OCH3 is 1. The van der Waals surface area contributed by atoms with Gasteiger partial charge in [0.25, 0.3) is 5.91 Å². The van der Waals surface area contributed by atoms with E-state index in [1.807, 2.05) is 31.2 Å². The molecule has 1 aliphatic heterocycles. The summed E-state index contributed by atoms with van der Waals surface area (Å²) in [6.45, 7) is 2.26. The second kappa shape index (κ2) is 9.56. The number of carbonyl (C=O) groups is 2. The number of ether oxygens (including phenoxy) is 2. The van der Waals surface area contributed by atoms with Crippen molar-refractivity contribution in [3.05, 3.63) is 100 Å². The first-order valence-electron chi connectivity index (χ1n) is 10.4. The molecule has 0 saturated carbocycles. The van der Waals surface area contributed by atoms with Gasteiger partial charge in [-0.1, -0.05) is 54.1 Å². The van der Waals surface area contributed by atoms with Gasteiger partial charge in [0, 0.05) is 5.56 Å². The Labute approximate surface area is 191 Å². The number of carbonyl (C=O) groups excluding carboxylic acids is 2. The highest BCUT2D eigenvalue weighted by atomic mass is 19.1. The van der Waals surface area contributed by atoms with Crippen molar-refractivity contribution in [2.24, 2.45) is 0 Å². The SMILES string of the molecule is COc1cc(/C=C2/NC(=O)N(Cc3ccccc3F)C2=O)ccc1OCc1cccc(C)c1. The molecular formula is C26H23FN2O4. The Bertz CT molecular complexity index is 1240. The molecule has 3 aromatic carbocycles. The van der Waals surface area contributed by atoms with E-state index in [0.29, 0.717) is 23.7 Å². The zero-order valence-corrected chi connectivity index (χ0v) is 18.3. The van der Waals surface area contributed by atoms with Crippen molar-refractivity contribution < 1.29 is 23.5 Å². The van der Waals surface area contributed by atoms with Gasteiger partial charge in [-0.2, -0.15) is 0 Å². The molecule has 1 N–H and O–H groups in total. The fourth-order valence-electron chi connectivity index (χ4n) is 3.54. The number of nitrogens with zero attached hydrogens (tertiary/aromatic N) is 1. The van der Waals surface area contributed by atoms with Gasteiger partial charge in [-0.05, 0) is 42.3 Å². The Morgan fingerprint density at radius 3 is 2.58 bits per heavy atom. The van der Waals surface area contributed by atoms with Crippen LogP contribution < -0.4 is 14.8 Å². The Hall–Kier alpha value is -4.13. The standard InChI is InChI=1S/C26H23FN2O4/c1-17-6-5-7-19(12-17)16-33-23-11-10-18(14-24(23)32-2)13-22-25(30)29(26(31)28-22)15-20-8-3-4-9-21(20)27/h3-14H,15-16H2,1-2H3,(H,28,31)/b22-13+. The quantitative estimate of drug-likeness (QED) is 0.418. The highest BCUT2D eigenvalue weighted by molar-refractivity contribution is 6.13. The third kappa shape index (κ3) is 5.03. The van der Waals surface area contributed by atoms with Gasteiger partial charge in [0.15, 0.2) is 11.5 Å². The summed E-state index contributed by atoms with van der Waals surface area (Å²) in [4.78, 5) is 26.0. The summed E-state index contributed by atoms with van der Waals surface area (Å²) in [5, 5.41) is 2.55. The average Bonchev–Trinajstić information content (AvgIpc) is 3.07. The lowest BCUT2D eigenvalue weighted by atomic mass is 10.1. The second-order valence-electron chi connectivity index (χ2n) is 7.66. The molecule has 0 aliphatic carbocycles. The molecule has 0 spiro atoms. The predicted molar refractivity (Wildman–Crippen MR) is 122 cm³/mol. The predicted octanol–water partition coefficient (Wildman–Crippen LogP) is 4.81. The molecule has 0 aromatic heterocycles. The molecule has 0 radical (unpaired) electrons. The van der Waals surface area contributed by atoms with Crippen molar-refractivity contribution in [1.82, 2.24) is 10.2 Å². The van der Waals surface area contributed by atoms with Crippen LogP contribution in [-0.4, -0.2) is 23.9 Å². The first-order valence-corrected chi connectivity index (χ1v) is 10.4. The maximum atomic E-state index is 13.9. The maximum Gasteiger partial charge on any atom is 0.329 e. The minimum Gasteiger partial charge on any atom is -0.493 e. The lowest BCUT2D eigenvalue weighted by Crippen LogP contribution is -2.30. The van der Waals surface area contributed by atoms with Crippen LogP contribution in [0.15, 0.2) is 72.4 Å².